The lowest BCUT2D eigenvalue weighted by molar-refractivity contribution is -0.127. The number of nitrogens with zero attached hydrogens (tertiary/aromatic N) is 2. The maximum Gasteiger partial charge on any atom is 0.330 e. The van der Waals surface area contributed by atoms with Crippen molar-refractivity contribution in [3.63, 3.8) is 0 Å². The number of nitrogens with one attached hydrogen (secondary N) is 1. The first-order chi connectivity index (χ1) is 26.7. The molecule has 0 spiro atoms. The third-order valence-electron chi connectivity index (χ3n) is 9.83. The summed E-state index contributed by atoms with van der Waals surface area (Å²) in [6, 6.07) is 34.3. The number of H-pyrrole nitrogens is 1. The van der Waals surface area contributed by atoms with Crippen LogP contribution >= 0.6 is 8.53 Å². The zero-order chi connectivity index (χ0) is 38.5. The second-order valence-corrected chi connectivity index (χ2v) is 14.5. The summed E-state index contributed by atoms with van der Waals surface area (Å²) >= 11 is 0. The van der Waals surface area contributed by atoms with E-state index in [2.05, 4.69) is 4.98 Å². The first kappa shape index (κ1) is 38.1. The summed E-state index contributed by atoms with van der Waals surface area (Å²) in [5.41, 5.74) is 1.16. The summed E-state index contributed by atoms with van der Waals surface area (Å²) in [4.78, 5) is 40.7. The molecule has 1 amide bonds. The van der Waals surface area contributed by atoms with Crippen molar-refractivity contribution < 1.29 is 37.2 Å². The molecule has 2 aliphatic heterocycles. The molecule has 55 heavy (non-hydrogen) atoms. The summed E-state index contributed by atoms with van der Waals surface area (Å²) in [6.07, 6.45) is -1.51. The number of carbonyl (C=O) groups excluding carboxylic acids is 1. The van der Waals surface area contributed by atoms with Crippen molar-refractivity contribution in [2.24, 2.45) is 0 Å². The van der Waals surface area contributed by atoms with Gasteiger partial charge in [0.2, 0.25) is 0 Å². The number of carbonyl (C=O) groups is 1. The molecule has 1 unspecified atom stereocenters. The Hall–Kier alpha value is -5.17. The van der Waals surface area contributed by atoms with Crippen LogP contribution in [0.15, 0.2) is 125 Å². The minimum atomic E-state index is -2.11. The molecule has 0 aliphatic carbocycles. The van der Waals surface area contributed by atoms with Crippen molar-refractivity contribution in [2.75, 3.05) is 34.0 Å². The fourth-order valence-corrected chi connectivity index (χ4v) is 8.58. The van der Waals surface area contributed by atoms with Crippen LogP contribution in [0, 0.1) is 6.92 Å². The zero-order valence-electron chi connectivity index (χ0n) is 30.5. The molecule has 0 radical (unpaired) electrons. The van der Waals surface area contributed by atoms with Crippen molar-refractivity contribution in [2.45, 2.75) is 43.5 Å². The third kappa shape index (κ3) is 7.85. The van der Waals surface area contributed by atoms with Crippen molar-refractivity contribution in [1.29, 1.82) is 0 Å². The van der Waals surface area contributed by atoms with Crippen molar-refractivity contribution >= 4 is 14.4 Å². The lowest BCUT2D eigenvalue weighted by atomic mass is 9.80. The van der Waals surface area contributed by atoms with E-state index in [1.54, 1.807) is 21.1 Å². The molecule has 12 nitrogen and oxygen atoms in total. The molecule has 4 aromatic carbocycles. The van der Waals surface area contributed by atoms with E-state index in [0.717, 1.165) is 22.3 Å². The molecule has 5 atom stereocenters. The van der Waals surface area contributed by atoms with Crippen LogP contribution in [0.1, 0.15) is 46.6 Å². The number of hydrogen-bond acceptors (Lipinski definition) is 9. The van der Waals surface area contributed by atoms with E-state index in [1.807, 2.05) is 109 Å². The largest absolute Gasteiger partial charge is 0.497 e. The Kier molecular flexibility index (Phi) is 11.6. The minimum Gasteiger partial charge on any atom is -0.497 e. The van der Waals surface area contributed by atoms with Crippen LogP contribution < -0.4 is 20.7 Å². The van der Waals surface area contributed by atoms with Gasteiger partial charge in [-0.05, 0) is 53.4 Å². The van der Waals surface area contributed by atoms with Gasteiger partial charge in [0.15, 0.2) is 6.67 Å². The van der Waals surface area contributed by atoms with Gasteiger partial charge in [0, 0.05) is 18.2 Å². The smallest absolute Gasteiger partial charge is 0.330 e. The molecular weight excluding hydrogens is 728 g/mol. The summed E-state index contributed by atoms with van der Waals surface area (Å²) in [5.74, 6) is 0.567. The first-order valence-electron chi connectivity index (χ1n) is 17.7. The van der Waals surface area contributed by atoms with E-state index >= 15 is 0 Å². The van der Waals surface area contributed by atoms with Crippen LogP contribution in [0.5, 0.6) is 11.5 Å². The number of alkyl halides is 1. The number of ether oxygens (including phenoxy) is 4. The standard InChI is InChI=1S/C41H41FN3O9P/c1-27-24-44(40(48)43-39(27)47)38-22-34(53-55-45(37(46)23-42)25-35(54-55)28-10-6-4-7-11-28)36(52-38)26-51-41(29-12-8-5-9-13-29,30-14-18-32(49-2)19-15-30)31-16-20-33(50-3)21-17-31/h4-21,24,34-36,38H,22-23,25-26H2,1-3H3,(H,43,47,48)/t34-,35+,36+,38+,55?/m0/s1. The van der Waals surface area contributed by atoms with Crippen LogP contribution in [0.3, 0.4) is 0 Å². The van der Waals surface area contributed by atoms with E-state index in [0.29, 0.717) is 17.1 Å². The molecule has 3 heterocycles. The summed E-state index contributed by atoms with van der Waals surface area (Å²) in [5, 5.41) is 0. The average Bonchev–Trinajstić information content (AvgIpc) is 3.84. The number of benzene rings is 4. The van der Waals surface area contributed by atoms with Crippen LogP contribution in [0.2, 0.25) is 0 Å². The Morgan fingerprint density at radius 3 is 2.04 bits per heavy atom. The zero-order valence-corrected chi connectivity index (χ0v) is 31.4. The van der Waals surface area contributed by atoms with Gasteiger partial charge in [0.05, 0.1) is 33.5 Å². The molecule has 286 valence electrons. The van der Waals surface area contributed by atoms with Gasteiger partial charge in [0.1, 0.15) is 35.5 Å². The highest BCUT2D eigenvalue weighted by molar-refractivity contribution is 7.45. The summed E-state index contributed by atoms with van der Waals surface area (Å²) in [6.45, 7) is 0.392. The summed E-state index contributed by atoms with van der Waals surface area (Å²) in [7, 11) is 1.09. The molecular formula is C41H41FN3O9P. The Balaban J connectivity index is 1.28. The van der Waals surface area contributed by atoms with Gasteiger partial charge in [0.25, 0.3) is 20.0 Å². The van der Waals surface area contributed by atoms with Crippen LogP contribution in [-0.4, -0.2) is 66.4 Å². The highest BCUT2D eigenvalue weighted by Gasteiger charge is 2.47. The molecule has 0 bridgehead atoms. The van der Waals surface area contributed by atoms with Gasteiger partial charge >= 0.3 is 5.69 Å². The van der Waals surface area contributed by atoms with Gasteiger partial charge < -0.3 is 28.0 Å². The van der Waals surface area contributed by atoms with Crippen molar-refractivity contribution in [3.8, 4) is 11.5 Å². The maximum atomic E-state index is 13.9. The molecule has 2 fully saturated rings. The number of halogens is 1. The average molecular weight is 770 g/mol. The number of hydrogen-bond donors (Lipinski definition) is 1. The molecule has 14 heteroatoms. The van der Waals surface area contributed by atoms with Gasteiger partial charge in [-0.25, -0.2) is 9.18 Å². The second kappa shape index (κ2) is 16.7. The molecule has 7 rings (SSSR count). The SMILES string of the molecule is COc1ccc(C(OC[C@H]2O[C@@H](n3cc(C)c(=O)[nH]c3=O)C[C@@H]2OP2O[C@@H](c3ccccc3)CN2C(=O)CF)(c2ccccc2)c2ccc(OC)cc2)cc1. The Morgan fingerprint density at radius 1 is 0.873 bits per heavy atom. The highest BCUT2D eigenvalue weighted by Crippen LogP contribution is 2.56. The highest BCUT2D eigenvalue weighted by atomic mass is 31.2. The van der Waals surface area contributed by atoms with E-state index in [9.17, 15) is 18.8 Å². The summed E-state index contributed by atoms with van der Waals surface area (Å²) < 4.78 is 54.2. The molecule has 2 saturated heterocycles. The van der Waals surface area contributed by atoms with Crippen LogP contribution in [-0.2, 0) is 28.9 Å². The van der Waals surface area contributed by atoms with Gasteiger partial charge in [-0.3, -0.25) is 23.8 Å². The fourth-order valence-electron chi connectivity index (χ4n) is 6.93. The predicted octanol–water partition coefficient (Wildman–Crippen LogP) is 6.34. The lowest BCUT2D eigenvalue weighted by Gasteiger charge is -2.37. The van der Waals surface area contributed by atoms with E-state index in [1.165, 1.54) is 15.4 Å². The molecule has 5 aromatic rings. The number of aryl methyl sites for hydroxylation is 1. The van der Waals surface area contributed by atoms with E-state index in [-0.39, 0.29) is 19.6 Å². The minimum absolute atomic E-state index is 0.0758. The maximum absolute atomic E-state index is 13.9. The molecule has 1 aromatic heterocycles. The number of aromatic amines is 1. The van der Waals surface area contributed by atoms with E-state index < -0.39 is 62.5 Å². The fraction of sp³-hybridized carbons (Fsp3) is 0.293. The number of aromatic nitrogens is 2. The van der Waals surface area contributed by atoms with Gasteiger partial charge in [-0.15, -0.1) is 0 Å². The van der Waals surface area contributed by atoms with Gasteiger partial charge in [-0.1, -0.05) is 84.9 Å². The third-order valence-corrected chi connectivity index (χ3v) is 11.5. The molecule has 0 saturated carbocycles. The Morgan fingerprint density at radius 2 is 1.45 bits per heavy atom. The Labute approximate surface area is 318 Å². The number of rotatable bonds is 13. The van der Waals surface area contributed by atoms with Crippen molar-refractivity contribution in [1.82, 2.24) is 14.2 Å². The van der Waals surface area contributed by atoms with Crippen molar-refractivity contribution in [3.05, 3.63) is 164 Å². The van der Waals surface area contributed by atoms with Crippen LogP contribution in [0.4, 0.5) is 4.39 Å². The second-order valence-electron chi connectivity index (χ2n) is 13.2. The van der Waals surface area contributed by atoms with Crippen LogP contribution in [0.25, 0.3) is 0 Å². The first-order valence-corrected chi connectivity index (χ1v) is 18.9. The normalized spacial score (nSPS) is 21.1. The molecule has 2 aliphatic rings. The number of amides is 1. The monoisotopic (exact) mass is 769 g/mol. The molecule has 1 N–H and O–H groups in total. The predicted molar refractivity (Wildman–Crippen MR) is 203 cm³/mol. The number of methoxy groups -OCH3 is 2. The van der Waals surface area contributed by atoms with Gasteiger partial charge in [-0.2, -0.15) is 0 Å². The van der Waals surface area contributed by atoms with E-state index in [4.69, 9.17) is 28.0 Å². The Bertz CT molecular complexity index is 2140. The quantitative estimate of drug-likeness (QED) is 0.108. The lowest BCUT2D eigenvalue weighted by Crippen LogP contribution is -2.38. The topological polar surface area (TPSA) is 131 Å².